The largest absolute Gasteiger partial charge is 0.490 e. The molecule has 1 aromatic heterocycles. The van der Waals surface area contributed by atoms with Gasteiger partial charge in [0.1, 0.15) is 18.1 Å². The number of benzene rings is 2. The summed E-state index contributed by atoms with van der Waals surface area (Å²) in [6, 6.07) is 9.22. The molecule has 204 valence electrons. The number of halogens is 3. The van der Waals surface area contributed by atoms with Gasteiger partial charge in [0.15, 0.2) is 11.5 Å². The number of para-hydroxylation sites is 2. The second-order valence-corrected chi connectivity index (χ2v) is 9.12. The highest BCUT2D eigenvalue weighted by molar-refractivity contribution is 5.84. The van der Waals surface area contributed by atoms with Gasteiger partial charge in [0, 0.05) is 26.2 Å². The van der Waals surface area contributed by atoms with E-state index in [9.17, 15) is 18.0 Å². The van der Waals surface area contributed by atoms with Crippen LogP contribution in [0.2, 0.25) is 0 Å². The van der Waals surface area contributed by atoms with E-state index in [4.69, 9.17) is 23.4 Å². The number of morpholine rings is 1. The standard InChI is InChI=1S/C27H29F3N2O6/c1-2-35-21-6-3-4-7-22(21)37-25-23(33)18-8-9-20-19(24(18)38-26(25)27(28,29)30)16-32(17-36-20)11-5-10-31-12-14-34-15-13-31/h3-4,6-9H,2,5,10-17H2,1H3. The van der Waals surface area contributed by atoms with Crippen LogP contribution in [-0.4, -0.2) is 62.5 Å². The molecule has 38 heavy (non-hydrogen) atoms. The van der Waals surface area contributed by atoms with Crippen molar-refractivity contribution in [3.8, 4) is 23.0 Å². The lowest BCUT2D eigenvalue weighted by atomic mass is 10.1. The van der Waals surface area contributed by atoms with Gasteiger partial charge in [-0.3, -0.25) is 14.6 Å². The number of ether oxygens (including phenoxy) is 4. The highest BCUT2D eigenvalue weighted by Gasteiger charge is 2.41. The Balaban J connectivity index is 1.46. The van der Waals surface area contributed by atoms with Gasteiger partial charge in [-0.2, -0.15) is 13.2 Å². The quantitative estimate of drug-likeness (QED) is 0.405. The van der Waals surface area contributed by atoms with Crippen LogP contribution in [0.25, 0.3) is 11.0 Å². The summed E-state index contributed by atoms with van der Waals surface area (Å²) in [4.78, 5) is 17.7. The van der Waals surface area contributed by atoms with Gasteiger partial charge in [-0.15, -0.1) is 0 Å². The van der Waals surface area contributed by atoms with Crippen molar-refractivity contribution in [2.75, 3.05) is 52.7 Å². The van der Waals surface area contributed by atoms with Crippen molar-refractivity contribution in [2.24, 2.45) is 0 Å². The zero-order valence-electron chi connectivity index (χ0n) is 21.0. The molecular weight excluding hydrogens is 505 g/mol. The Morgan fingerprint density at radius 1 is 1.00 bits per heavy atom. The third kappa shape index (κ3) is 5.59. The summed E-state index contributed by atoms with van der Waals surface area (Å²) in [7, 11) is 0. The van der Waals surface area contributed by atoms with E-state index < -0.39 is 23.1 Å². The molecule has 8 nitrogen and oxygen atoms in total. The molecule has 3 aromatic rings. The number of rotatable bonds is 8. The number of hydrogen-bond acceptors (Lipinski definition) is 8. The van der Waals surface area contributed by atoms with Crippen molar-refractivity contribution < 1.29 is 36.5 Å². The van der Waals surface area contributed by atoms with E-state index in [1.807, 2.05) is 4.90 Å². The summed E-state index contributed by atoms with van der Waals surface area (Å²) in [5.41, 5.74) is -0.663. The summed E-state index contributed by atoms with van der Waals surface area (Å²) >= 11 is 0. The number of hydrogen-bond donors (Lipinski definition) is 0. The van der Waals surface area contributed by atoms with Crippen molar-refractivity contribution in [2.45, 2.75) is 26.1 Å². The second-order valence-electron chi connectivity index (χ2n) is 9.12. The summed E-state index contributed by atoms with van der Waals surface area (Å²) < 4.78 is 70.1. The fraction of sp³-hybridized carbons (Fsp3) is 0.444. The Kier molecular flexibility index (Phi) is 7.78. The molecule has 2 aliphatic rings. The lowest BCUT2D eigenvalue weighted by Crippen LogP contribution is -2.39. The molecule has 0 atom stereocenters. The van der Waals surface area contributed by atoms with Crippen LogP contribution >= 0.6 is 0 Å². The molecule has 0 spiro atoms. The highest BCUT2D eigenvalue weighted by atomic mass is 19.4. The Hall–Kier alpha value is -3.28. The van der Waals surface area contributed by atoms with Crippen LogP contribution in [0, 0.1) is 0 Å². The van der Waals surface area contributed by atoms with Crippen molar-refractivity contribution in [3.05, 3.63) is 57.9 Å². The van der Waals surface area contributed by atoms with Crippen LogP contribution in [0.5, 0.6) is 23.0 Å². The van der Waals surface area contributed by atoms with E-state index in [1.54, 1.807) is 31.2 Å². The molecule has 0 bridgehead atoms. The summed E-state index contributed by atoms with van der Waals surface area (Å²) in [6.07, 6.45) is -4.11. The van der Waals surface area contributed by atoms with Gasteiger partial charge in [0.2, 0.25) is 11.2 Å². The zero-order valence-corrected chi connectivity index (χ0v) is 21.0. The third-order valence-corrected chi connectivity index (χ3v) is 6.53. The van der Waals surface area contributed by atoms with Gasteiger partial charge in [0.05, 0.1) is 30.8 Å². The van der Waals surface area contributed by atoms with Crippen LogP contribution in [0.1, 0.15) is 24.7 Å². The predicted molar refractivity (Wildman–Crippen MR) is 133 cm³/mol. The van der Waals surface area contributed by atoms with Crippen molar-refractivity contribution >= 4 is 11.0 Å². The Morgan fingerprint density at radius 3 is 2.47 bits per heavy atom. The summed E-state index contributed by atoms with van der Waals surface area (Å²) in [5.74, 6) is -1.84. The molecule has 5 rings (SSSR count). The minimum atomic E-state index is -4.97. The molecule has 2 aliphatic heterocycles. The first-order chi connectivity index (χ1) is 18.3. The predicted octanol–water partition coefficient (Wildman–Crippen LogP) is 4.88. The molecule has 1 saturated heterocycles. The lowest BCUT2D eigenvalue weighted by molar-refractivity contribution is -0.154. The van der Waals surface area contributed by atoms with E-state index in [1.165, 1.54) is 12.1 Å². The van der Waals surface area contributed by atoms with Crippen LogP contribution in [0.15, 0.2) is 45.6 Å². The maximum absolute atomic E-state index is 14.2. The van der Waals surface area contributed by atoms with Crippen molar-refractivity contribution in [1.82, 2.24) is 9.80 Å². The maximum Gasteiger partial charge on any atom is 0.453 e. The molecular formula is C27H29F3N2O6. The SMILES string of the molecule is CCOc1ccccc1Oc1c(C(F)(F)F)oc2c3c(ccc2c1=O)OCN(CCCN1CCOCC1)C3. The topological polar surface area (TPSA) is 73.6 Å². The monoisotopic (exact) mass is 534 g/mol. The first-order valence-corrected chi connectivity index (χ1v) is 12.6. The number of fused-ring (bicyclic) bond motifs is 3. The average Bonchev–Trinajstić information content (AvgIpc) is 2.91. The van der Waals surface area contributed by atoms with E-state index in [-0.39, 0.29) is 29.1 Å². The first kappa shape index (κ1) is 26.3. The Bertz CT molecular complexity index is 1340. The molecule has 0 saturated carbocycles. The molecule has 0 aliphatic carbocycles. The number of alkyl halides is 3. The molecule has 1 fully saturated rings. The fourth-order valence-corrected chi connectivity index (χ4v) is 4.68. The molecule has 0 radical (unpaired) electrons. The molecule has 0 unspecified atom stereocenters. The summed E-state index contributed by atoms with van der Waals surface area (Å²) in [6.45, 7) is 7.37. The molecule has 11 heteroatoms. The van der Waals surface area contributed by atoms with Gasteiger partial charge in [0.25, 0.3) is 5.76 Å². The third-order valence-electron chi connectivity index (χ3n) is 6.53. The summed E-state index contributed by atoms with van der Waals surface area (Å²) in [5, 5.41) is -0.0144. The van der Waals surface area contributed by atoms with Gasteiger partial charge in [-0.05, 0) is 44.2 Å². The van der Waals surface area contributed by atoms with Gasteiger partial charge >= 0.3 is 6.18 Å². The maximum atomic E-state index is 14.2. The zero-order chi connectivity index (χ0) is 26.7. The second kappa shape index (κ2) is 11.2. The van der Waals surface area contributed by atoms with Crippen molar-refractivity contribution in [1.29, 1.82) is 0 Å². The van der Waals surface area contributed by atoms with E-state index in [2.05, 4.69) is 4.90 Å². The Labute approximate surface area is 217 Å². The van der Waals surface area contributed by atoms with E-state index >= 15 is 0 Å². The van der Waals surface area contributed by atoms with Gasteiger partial charge in [-0.25, -0.2) is 0 Å². The molecule has 2 aromatic carbocycles. The van der Waals surface area contributed by atoms with E-state index in [0.29, 0.717) is 31.1 Å². The van der Waals surface area contributed by atoms with Crippen LogP contribution in [-0.2, 0) is 17.5 Å². The van der Waals surface area contributed by atoms with E-state index in [0.717, 1.165) is 39.3 Å². The highest BCUT2D eigenvalue weighted by Crippen LogP contribution is 2.42. The average molecular weight is 535 g/mol. The van der Waals surface area contributed by atoms with Crippen LogP contribution in [0.4, 0.5) is 13.2 Å². The van der Waals surface area contributed by atoms with Crippen LogP contribution < -0.4 is 19.6 Å². The van der Waals surface area contributed by atoms with Gasteiger partial charge in [-0.1, -0.05) is 12.1 Å². The van der Waals surface area contributed by atoms with Crippen molar-refractivity contribution in [3.63, 3.8) is 0 Å². The van der Waals surface area contributed by atoms with Crippen LogP contribution in [0.3, 0.4) is 0 Å². The molecule has 0 N–H and O–H groups in total. The Morgan fingerprint density at radius 2 is 1.74 bits per heavy atom. The molecule has 3 heterocycles. The number of nitrogens with zero attached hydrogens (tertiary/aromatic N) is 2. The van der Waals surface area contributed by atoms with Gasteiger partial charge < -0.3 is 23.4 Å². The first-order valence-electron chi connectivity index (χ1n) is 12.6. The lowest BCUT2D eigenvalue weighted by Gasteiger charge is -2.31. The molecule has 0 amide bonds. The normalized spacial score (nSPS) is 16.7. The minimum absolute atomic E-state index is 0.0144. The fourth-order valence-electron chi connectivity index (χ4n) is 4.68. The smallest absolute Gasteiger partial charge is 0.453 e. The minimum Gasteiger partial charge on any atom is -0.490 e.